The van der Waals surface area contributed by atoms with Crippen molar-refractivity contribution in [3.63, 3.8) is 0 Å². The first kappa shape index (κ1) is 14.2. The SMILES string of the molecule is Cc1cccc(CS(=O)(=O)NCc2nc(C)cs2)c1. The molecule has 1 aromatic heterocycles. The van der Waals surface area contributed by atoms with Gasteiger partial charge in [-0.05, 0) is 19.4 Å². The third kappa shape index (κ3) is 4.41. The molecule has 6 heteroatoms. The molecule has 102 valence electrons. The van der Waals surface area contributed by atoms with Gasteiger partial charge in [-0.2, -0.15) is 0 Å². The van der Waals surface area contributed by atoms with Gasteiger partial charge < -0.3 is 0 Å². The highest BCUT2D eigenvalue weighted by Gasteiger charge is 2.12. The molecule has 0 saturated carbocycles. The van der Waals surface area contributed by atoms with Crippen LogP contribution in [-0.2, 0) is 22.3 Å². The smallest absolute Gasteiger partial charge is 0.216 e. The van der Waals surface area contributed by atoms with Gasteiger partial charge in [0.25, 0.3) is 0 Å². The quantitative estimate of drug-likeness (QED) is 0.921. The van der Waals surface area contributed by atoms with Crippen molar-refractivity contribution in [2.75, 3.05) is 0 Å². The second-order valence-electron chi connectivity index (χ2n) is 4.45. The molecule has 2 aromatic rings. The summed E-state index contributed by atoms with van der Waals surface area (Å²) in [5.74, 6) is -0.000955. The van der Waals surface area contributed by atoms with Crippen LogP contribution in [0, 0.1) is 13.8 Å². The molecular formula is C13H16N2O2S2. The maximum absolute atomic E-state index is 12.0. The lowest BCUT2D eigenvalue weighted by Crippen LogP contribution is -2.24. The zero-order valence-electron chi connectivity index (χ0n) is 10.9. The highest BCUT2D eigenvalue weighted by molar-refractivity contribution is 7.88. The van der Waals surface area contributed by atoms with Gasteiger partial charge in [-0.25, -0.2) is 18.1 Å². The van der Waals surface area contributed by atoms with Gasteiger partial charge in [0, 0.05) is 11.1 Å². The number of nitrogens with one attached hydrogen (secondary N) is 1. The minimum Gasteiger partial charge on any atom is -0.245 e. The first-order valence-electron chi connectivity index (χ1n) is 5.88. The topological polar surface area (TPSA) is 59.1 Å². The molecule has 0 aliphatic carbocycles. The molecule has 19 heavy (non-hydrogen) atoms. The molecule has 0 saturated heterocycles. The maximum Gasteiger partial charge on any atom is 0.216 e. The lowest BCUT2D eigenvalue weighted by Gasteiger charge is -2.06. The Kier molecular flexibility index (Phi) is 4.34. The van der Waals surface area contributed by atoms with E-state index in [1.54, 1.807) is 0 Å². The van der Waals surface area contributed by atoms with E-state index in [4.69, 9.17) is 0 Å². The summed E-state index contributed by atoms with van der Waals surface area (Å²) in [5.41, 5.74) is 2.77. The number of benzene rings is 1. The molecule has 0 unspecified atom stereocenters. The molecule has 0 aliphatic heterocycles. The Balaban J connectivity index is 1.99. The van der Waals surface area contributed by atoms with Crippen LogP contribution in [0.1, 0.15) is 21.8 Å². The molecule has 0 fully saturated rings. The van der Waals surface area contributed by atoms with E-state index in [0.717, 1.165) is 21.8 Å². The predicted molar refractivity (Wildman–Crippen MR) is 77.5 cm³/mol. The molecule has 0 atom stereocenters. The Morgan fingerprint density at radius 1 is 1.32 bits per heavy atom. The van der Waals surface area contributed by atoms with Gasteiger partial charge >= 0.3 is 0 Å². The van der Waals surface area contributed by atoms with E-state index >= 15 is 0 Å². The van der Waals surface area contributed by atoms with Gasteiger partial charge in [-0.3, -0.25) is 0 Å². The number of thiazole rings is 1. The minimum atomic E-state index is -3.32. The van der Waals surface area contributed by atoms with Crippen LogP contribution in [0.4, 0.5) is 0 Å². The van der Waals surface area contributed by atoms with Crippen molar-refractivity contribution < 1.29 is 8.42 Å². The highest BCUT2D eigenvalue weighted by atomic mass is 32.2. The average Bonchev–Trinajstić information content (AvgIpc) is 2.72. The molecule has 1 heterocycles. The van der Waals surface area contributed by atoms with E-state index in [1.165, 1.54) is 11.3 Å². The maximum atomic E-state index is 12.0. The number of aryl methyl sites for hydroxylation is 2. The Morgan fingerprint density at radius 3 is 2.74 bits per heavy atom. The molecular weight excluding hydrogens is 280 g/mol. The molecule has 4 nitrogen and oxygen atoms in total. The summed E-state index contributed by atoms with van der Waals surface area (Å²) in [6.45, 7) is 4.09. The van der Waals surface area contributed by atoms with Gasteiger partial charge in [0.1, 0.15) is 5.01 Å². The molecule has 0 aliphatic rings. The van der Waals surface area contributed by atoms with Crippen molar-refractivity contribution in [3.8, 4) is 0 Å². The minimum absolute atomic E-state index is 0.000955. The van der Waals surface area contributed by atoms with E-state index in [2.05, 4.69) is 9.71 Å². The lowest BCUT2D eigenvalue weighted by atomic mass is 10.2. The lowest BCUT2D eigenvalue weighted by molar-refractivity contribution is 0.580. The van der Waals surface area contributed by atoms with E-state index in [0.29, 0.717) is 0 Å². The normalized spacial score (nSPS) is 11.7. The van der Waals surface area contributed by atoms with E-state index < -0.39 is 10.0 Å². The number of hydrogen-bond acceptors (Lipinski definition) is 4. The Hall–Kier alpha value is -1.24. The van der Waals surface area contributed by atoms with Crippen LogP contribution in [-0.4, -0.2) is 13.4 Å². The summed E-state index contributed by atoms with van der Waals surface area (Å²) in [6.07, 6.45) is 0. The van der Waals surface area contributed by atoms with E-state index in [1.807, 2.05) is 43.5 Å². The van der Waals surface area contributed by atoms with Gasteiger partial charge in [0.05, 0.1) is 12.3 Å². The number of aromatic nitrogens is 1. The summed E-state index contributed by atoms with van der Waals surface area (Å²) in [6, 6.07) is 7.51. The molecule has 0 amide bonds. The summed E-state index contributed by atoms with van der Waals surface area (Å²) < 4.78 is 26.5. The van der Waals surface area contributed by atoms with Crippen LogP contribution in [0.15, 0.2) is 29.6 Å². The predicted octanol–water partition coefficient (Wildman–Crippen LogP) is 2.38. The van der Waals surface area contributed by atoms with Crippen molar-refractivity contribution in [1.29, 1.82) is 0 Å². The molecule has 0 spiro atoms. The number of nitrogens with zero attached hydrogens (tertiary/aromatic N) is 1. The zero-order valence-corrected chi connectivity index (χ0v) is 12.5. The standard InChI is InChI=1S/C13H16N2O2S2/c1-10-4-3-5-12(6-10)9-19(16,17)14-7-13-15-11(2)8-18-13/h3-6,8,14H,7,9H2,1-2H3. The summed E-state index contributed by atoms with van der Waals surface area (Å²) in [4.78, 5) is 4.23. The molecule has 1 aromatic carbocycles. The fraction of sp³-hybridized carbons (Fsp3) is 0.308. The first-order chi connectivity index (χ1) is 8.94. The third-order valence-electron chi connectivity index (χ3n) is 2.55. The number of sulfonamides is 1. The first-order valence-corrected chi connectivity index (χ1v) is 8.42. The average molecular weight is 296 g/mol. The van der Waals surface area contributed by atoms with Crippen LogP contribution in [0.5, 0.6) is 0 Å². The van der Waals surface area contributed by atoms with Gasteiger partial charge in [-0.15, -0.1) is 11.3 Å². The highest BCUT2D eigenvalue weighted by Crippen LogP contribution is 2.11. The van der Waals surface area contributed by atoms with Gasteiger partial charge in [0.2, 0.25) is 10.0 Å². The zero-order chi connectivity index (χ0) is 13.9. The number of rotatable bonds is 5. The van der Waals surface area contributed by atoms with Crippen molar-refractivity contribution in [3.05, 3.63) is 51.5 Å². The fourth-order valence-corrected chi connectivity index (χ4v) is 3.61. The molecule has 1 N–H and O–H groups in total. The number of hydrogen-bond donors (Lipinski definition) is 1. The summed E-state index contributed by atoms with van der Waals surface area (Å²) in [7, 11) is -3.32. The summed E-state index contributed by atoms with van der Waals surface area (Å²) in [5, 5.41) is 2.69. The summed E-state index contributed by atoms with van der Waals surface area (Å²) >= 11 is 1.46. The second kappa shape index (κ2) is 5.81. The second-order valence-corrected chi connectivity index (χ2v) is 7.20. The van der Waals surface area contributed by atoms with Crippen LogP contribution in [0.3, 0.4) is 0 Å². The van der Waals surface area contributed by atoms with Crippen molar-refractivity contribution in [2.24, 2.45) is 0 Å². The van der Waals surface area contributed by atoms with Crippen molar-refractivity contribution >= 4 is 21.4 Å². The third-order valence-corrected chi connectivity index (χ3v) is 4.81. The Labute approximate surface area is 117 Å². The fourth-order valence-electron chi connectivity index (χ4n) is 1.73. The Morgan fingerprint density at radius 2 is 2.11 bits per heavy atom. The largest absolute Gasteiger partial charge is 0.245 e. The van der Waals surface area contributed by atoms with Crippen LogP contribution in [0.2, 0.25) is 0 Å². The molecule has 0 bridgehead atoms. The molecule has 0 radical (unpaired) electrons. The monoisotopic (exact) mass is 296 g/mol. The van der Waals surface area contributed by atoms with E-state index in [-0.39, 0.29) is 12.3 Å². The van der Waals surface area contributed by atoms with Crippen LogP contribution >= 0.6 is 11.3 Å². The van der Waals surface area contributed by atoms with Crippen LogP contribution < -0.4 is 4.72 Å². The van der Waals surface area contributed by atoms with Crippen molar-refractivity contribution in [2.45, 2.75) is 26.1 Å². The van der Waals surface area contributed by atoms with Gasteiger partial charge in [0.15, 0.2) is 0 Å². The molecule has 2 rings (SSSR count). The Bertz CT molecular complexity index is 663. The van der Waals surface area contributed by atoms with Crippen molar-refractivity contribution in [1.82, 2.24) is 9.71 Å². The van der Waals surface area contributed by atoms with Crippen LogP contribution in [0.25, 0.3) is 0 Å². The van der Waals surface area contributed by atoms with Gasteiger partial charge in [-0.1, -0.05) is 29.8 Å². The van der Waals surface area contributed by atoms with E-state index in [9.17, 15) is 8.42 Å².